The topological polar surface area (TPSA) is 123 Å². The number of pyridine rings is 1. The maximum atomic E-state index is 12.5. The zero-order chi connectivity index (χ0) is 21.5. The molecule has 0 aliphatic carbocycles. The first-order valence-corrected chi connectivity index (χ1v) is 10.1. The van der Waals surface area contributed by atoms with Crippen molar-refractivity contribution < 1.29 is 4.79 Å². The van der Waals surface area contributed by atoms with E-state index in [1.165, 1.54) is 0 Å². The number of amides is 1. The third-order valence-corrected chi connectivity index (χ3v) is 5.51. The number of aryl methyl sites for hydroxylation is 1. The van der Waals surface area contributed by atoms with Gasteiger partial charge in [-0.2, -0.15) is 5.10 Å². The van der Waals surface area contributed by atoms with Gasteiger partial charge >= 0.3 is 0 Å². The predicted molar refractivity (Wildman–Crippen MR) is 118 cm³/mol. The van der Waals surface area contributed by atoms with Crippen molar-refractivity contribution in [2.75, 3.05) is 17.2 Å². The molecular weight excluding hydrogens is 394 g/mol. The van der Waals surface area contributed by atoms with Crippen LogP contribution in [0.25, 0.3) is 33.3 Å². The highest BCUT2D eigenvalue weighted by Crippen LogP contribution is 2.35. The van der Waals surface area contributed by atoms with Gasteiger partial charge in [0.1, 0.15) is 5.69 Å². The number of anilines is 2. The lowest BCUT2D eigenvalue weighted by atomic mass is 10.0. The van der Waals surface area contributed by atoms with Gasteiger partial charge in [0.05, 0.1) is 11.9 Å². The Morgan fingerprint density at radius 2 is 1.90 bits per heavy atom. The molecule has 0 unspecified atom stereocenters. The second-order valence-electron chi connectivity index (χ2n) is 7.64. The van der Waals surface area contributed by atoms with E-state index < -0.39 is 0 Å². The normalized spacial score (nSPS) is 14.4. The molecule has 3 N–H and O–H groups in total. The summed E-state index contributed by atoms with van der Waals surface area (Å²) >= 11 is 0. The van der Waals surface area contributed by atoms with Gasteiger partial charge < -0.3 is 10.7 Å². The molecule has 4 heterocycles. The van der Waals surface area contributed by atoms with E-state index in [9.17, 15) is 9.59 Å². The molecule has 9 heteroatoms. The van der Waals surface area contributed by atoms with E-state index in [0.29, 0.717) is 35.6 Å². The fraction of sp³-hybridized carbons (Fsp3) is 0.227. The van der Waals surface area contributed by atoms with Crippen LogP contribution in [0.3, 0.4) is 0 Å². The lowest BCUT2D eigenvalue weighted by molar-refractivity contribution is -0.119. The number of aromatic amines is 1. The summed E-state index contributed by atoms with van der Waals surface area (Å²) in [7, 11) is 1.82. The molecule has 156 valence electrons. The van der Waals surface area contributed by atoms with Gasteiger partial charge in [-0.25, -0.2) is 9.97 Å². The third-order valence-electron chi connectivity index (χ3n) is 5.51. The van der Waals surface area contributed by atoms with Gasteiger partial charge in [0.2, 0.25) is 5.91 Å². The molecule has 1 aromatic carbocycles. The van der Waals surface area contributed by atoms with Crippen LogP contribution in [-0.2, 0) is 11.8 Å². The molecule has 0 saturated carbocycles. The van der Waals surface area contributed by atoms with E-state index in [1.54, 1.807) is 28.0 Å². The molecule has 1 aliphatic heterocycles. The van der Waals surface area contributed by atoms with Crippen molar-refractivity contribution in [3.8, 4) is 22.5 Å². The SMILES string of the molecule is Cn1cc(-c2nc(N)c(N3CCCCC3=O)nc2-c2ccc3c(=O)[nH]ccc3c2)cn1. The van der Waals surface area contributed by atoms with E-state index in [2.05, 4.69) is 15.1 Å². The predicted octanol–water partition coefficient (Wildman–Crippen LogP) is 2.48. The Hall–Kier alpha value is -4.01. The molecular formula is C22H21N7O2. The van der Waals surface area contributed by atoms with Gasteiger partial charge in [0, 0.05) is 48.9 Å². The first-order valence-electron chi connectivity index (χ1n) is 10.1. The van der Waals surface area contributed by atoms with Gasteiger partial charge in [-0.05, 0) is 36.4 Å². The molecule has 1 saturated heterocycles. The summed E-state index contributed by atoms with van der Waals surface area (Å²) < 4.78 is 1.68. The second kappa shape index (κ2) is 7.35. The Morgan fingerprint density at radius 3 is 2.68 bits per heavy atom. The van der Waals surface area contributed by atoms with Crippen molar-refractivity contribution in [2.24, 2.45) is 7.05 Å². The van der Waals surface area contributed by atoms with Crippen molar-refractivity contribution in [3.05, 3.63) is 53.2 Å². The average molecular weight is 415 g/mol. The minimum Gasteiger partial charge on any atom is -0.381 e. The van der Waals surface area contributed by atoms with Crippen molar-refractivity contribution in [1.29, 1.82) is 0 Å². The number of benzene rings is 1. The van der Waals surface area contributed by atoms with Crippen LogP contribution in [0.1, 0.15) is 19.3 Å². The maximum Gasteiger partial charge on any atom is 0.255 e. The third kappa shape index (κ3) is 3.33. The van der Waals surface area contributed by atoms with Crippen LogP contribution in [0, 0.1) is 0 Å². The van der Waals surface area contributed by atoms with Crippen LogP contribution in [0.5, 0.6) is 0 Å². The summed E-state index contributed by atoms with van der Waals surface area (Å²) in [6.45, 7) is 0.566. The van der Waals surface area contributed by atoms with Crippen LogP contribution in [0.2, 0.25) is 0 Å². The van der Waals surface area contributed by atoms with Gasteiger partial charge in [0.15, 0.2) is 11.6 Å². The summed E-state index contributed by atoms with van der Waals surface area (Å²) in [5.74, 6) is 0.575. The lowest BCUT2D eigenvalue weighted by Gasteiger charge is -2.27. The molecule has 31 heavy (non-hydrogen) atoms. The molecule has 1 amide bonds. The van der Waals surface area contributed by atoms with Crippen molar-refractivity contribution in [2.45, 2.75) is 19.3 Å². The zero-order valence-electron chi connectivity index (χ0n) is 17.0. The van der Waals surface area contributed by atoms with E-state index >= 15 is 0 Å². The zero-order valence-corrected chi connectivity index (χ0v) is 17.0. The van der Waals surface area contributed by atoms with Gasteiger partial charge in [0.25, 0.3) is 5.56 Å². The number of nitrogens with zero attached hydrogens (tertiary/aromatic N) is 5. The Balaban J connectivity index is 1.74. The highest BCUT2D eigenvalue weighted by Gasteiger charge is 2.26. The quantitative estimate of drug-likeness (QED) is 0.530. The largest absolute Gasteiger partial charge is 0.381 e. The molecule has 0 spiro atoms. The number of nitrogens with two attached hydrogens (primary N) is 1. The summed E-state index contributed by atoms with van der Waals surface area (Å²) in [6, 6.07) is 7.33. The Morgan fingerprint density at radius 1 is 1.06 bits per heavy atom. The summed E-state index contributed by atoms with van der Waals surface area (Å²) in [5, 5.41) is 5.61. The van der Waals surface area contributed by atoms with Gasteiger partial charge in [-0.3, -0.25) is 19.2 Å². The Bertz CT molecular complexity index is 1370. The van der Waals surface area contributed by atoms with E-state index in [0.717, 1.165) is 29.4 Å². The second-order valence-corrected chi connectivity index (χ2v) is 7.64. The smallest absolute Gasteiger partial charge is 0.255 e. The fourth-order valence-electron chi connectivity index (χ4n) is 3.95. The van der Waals surface area contributed by atoms with Crippen molar-refractivity contribution in [3.63, 3.8) is 0 Å². The highest BCUT2D eigenvalue weighted by atomic mass is 16.2. The summed E-state index contributed by atoms with van der Waals surface area (Å²) in [5.41, 5.74) is 8.81. The number of nitrogens with one attached hydrogen (secondary N) is 1. The lowest BCUT2D eigenvalue weighted by Crippen LogP contribution is -2.36. The molecule has 0 bridgehead atoms. The monoisotopic (exact) mass is 415 g/mol. The first kappa shape index (κ1) is 19.0. The molecule has 9 nitrogen and oxygen atoms in total. The number of hydrogen-bond acceptors (Lipinski definition) is 6. The molecule has 5 rings (SSSR count). The van der Waals surface area contributed by atoms with Crippen LogP contribution in [0.4, 0.5) is 11.6 Å². The molecule has 1 aliphatic rings. The number of H-pyrrole nitrogens is 1. The summed E-state index contributed by atoms with van der Waals surface area (Å²) in [4.78, 5) is 38.4. The fourth-order valence-corrected chi connectivity index (χ4v) is 3.95. The number of aromatic nitrogens is 5. The minimum absolute atomic E-state index is 0.00243. The Labute approximate surface area is 177 Å². The number of rotatable bonds is 3. The summed E-state index contributed by atoms with van der Waals surface area (Å²) in [6.07, 6.45) is 7.38. The average Bonchev–Trinajstić information content (AvgIpc) is 3.20. The molecule has 1 fully saturated rings. The Kier molecular flexibility index (Phi) is 4.50. The maximum absolute atomic E-state index is 12.5. The van der Waals surface area contributed by atoms with Crippen LogP contribution in [-0.4, -0.2) is 37.2 Å². The first-order chi connectivity index (χ1) is 15.0. The van der Waals surface area contributed by atoms with Crippen LogP contribution in [0.15, 0.2) is 47.7 Å². The van der Waals surface area contributed by atoms with E-state index in [-0.39, 0.29) is 17.3 Å². The van der Waals surface area contributed by atoms with Crippen molar-refractivity contribution >= 4 is 28.3 Å². The standard InChI is InChI=1S/C22H21N7O2/c1-28-12-15(11-25-28)19-18(14-5-6-16-13(10-14)7-8-24-22(16)31)27-21(20(23)26-19)29-9-3-2-4-17(29)30/h5-8,10-12H,2-4,9H2,1H3,(H2,23,26)(H,24,31). The molecule has 3 aromatic heterocycles. The van der Waals surface area contributed by atoms with E-state index in [1.807, 2.05) is 31.4 Å². The number of nitrogen functional groups attached to an aromatic ring is 1. The molecule has 4 aromatic rings. The number of carbonyl (C=O) groups excluding carboxylic acids is 1. The number of piperidine rings is 1. The van der Waals surface area contributed by atoms with Crippen molar-refractivity contribution in [1.82, 2.24) is 24.7 Å². The number of hydrogen-bond donors (Lipinski definition) is 2. The number of fused-ring (bicyclic) bond motifs is 1. The van der Waals surface area contributed by atoms with E-state index in [4.69, 9.17) is 10.7 Å². The van der Waals surface area contributed by atoms with Crippen LogP contribution < -0.4 is 16.2 Å². The number of carbonyl (C=O) groups is 1. The molecule has 0 radical (unpaired) electrons. The van der Waals surface area contributed by atoms with Crippen LogP contribution >= 0.6 is 0 Å². The minimum atomic E-state index is -0.153. The van der Waals surface area contributed by atoms with Gasteiger partial charge in [-0.15, -0.1) is 0 Å². The van der Waals surface area contributed by atoms with Gasteiger partial charge in [-0.1, -0.05) is 6.07 Å². The molecule has 0 atom stereocenters. The highest BCUT2D eigenvalue weighted by molar-refractivity contribution is 5.96.